The van der Waals surface area contributed by atoms with Crippen LogP contribution in [0.2, 0.25) is 0 Å². The first kappa shape index (κ1) is 13.2. The van der Waals surface area contributed by atoms with Crippen LogP contribution >= 0.6 is 0 Å². The molecule has 1 atom stereocenters. The van der Waals surface area contributed by atoms with Gasteiger partial charge < -0.3 is 4.90 Å². The third-order valence-electron chi connectivity index (χ3n) is 2.99. The number of ketones is 1. The van der Waals surface area contributed by atoms with Crippen molar-refractivity contribution in [2.45, 2.75) is 19.9 Å². The Morgan fingerprint density at radius 1 is 1.21 bits per heavy atom. The van der Waals surface area contributed by atoms with Crippen molar-refractivity contribution in [1.82, 2.24) is 9.97 Å². The van der Waals surface area contributed by atoms with E-state index in [1.165, 1.54) is 0 Å². The van der Waals surface area contributed by atoms with E-state index in [-0.39, 0.29) is 11.8 Å². The fourth-order valence-corrected chi connectivity index (χ4v) is 2.09. The second-order valence-corrected chi connectivity index (χ2v) is 4.53. The van der Waals surface area contributed by atoms with Crippen molar-refractivity contribution in [1.29, 1.82) is 0 Å². The van der Waals surface area contributed by atoms with Crippen molar-refractivity contribution in [3.05, 3.63) is 53.9 Å². The number of likely N-dealkylation sites (N-methyl/N-ethyl adjacent to an activating group) is 1. The van der Waals surface area contributed by atoms with E-state index in [1.54, 1.807) is 13.1 Å². The summed E-state index contributed by atoms with van der Waals surface area (Å²) >= 11 is 0. The molecule has 2 rings (SSSR count). The Labute approximate surface area is 113 Å². The molecule has 0 saturated heterocycles. The zero-order valence-electron chi connectivity index (χ0n) is 11.4. The van der Waals surface area contributed by atoms with Crippen molar-refractivity contribution in [3.8, 4) is 0 Å². The van der Waals surface area contributed by atoms with Crippen LogP contribution in [-0.2, 0) is 4.79 Å². The largest absolute Gasteiger partial charge is 0.330 e. The molecule has 0 amide bonds. The lowest BCUT2D eigenvalue weighted by atomic mass is 10.0. The molecule has 1 aromatic heterocycles. The highest BCUT2D eigenvalue weighted by molar-refractivity contribution is 5.85. The second kappa shape index (κ2) is 5.61. The molecule has 2 aromatic rings. The van der Waals surface area contributed by atoms with Crippen LogP contribution in [0.1, 0.15) is 24.2 Å². The molecule has 0 N–H and O–H groups in total. The van der Waals surface area contributed by atoms with Gasteiger partial charge in [-0.2, -0.15) is 0 Å². The highest BCUT2D eigenvalue weighted by Gasteiger charge is 2.23. The summed E-state index contributed by atoms with van der Waals surface area (Å²) in [6.45, 7) is 3.49. The molecule has 1 unspecified atom stereocenters. The Kier molecular flexibility index (Phi) is 3.90. The number of hydrogen-bond acceptors (Lipinski definition) is 4. The van der Waals surface area contributed by atoms with Crippen LogP contribution < -0.4 is 4.90 Å². The lowest BCUT2D eigenvalue weighted by Crippen LogP contribution is -2.31. The summed E-state index contributed by atoms with van der Waals surface area (Å²) in [6.07, 6.45) is 1.70. The molecule has 0 spiro atoms. The van der Waals surface area contributed by atoms with E-state index in [0.29, 0.717) is 5.95 Å². The molecule has 4 heteroatoms. The van der Waals surface area contributed by atoms with Crippen LogP contribution in [0.4, 0.5) is 5.95 Å². The average molecular weight is 255 g/mol. The van der Waals surface area contributed by atoms with Gasteiger partial charge in [0.05, 0.1) is 0 Å². The zero-order valence-corrected chi connectivity index (χ0v) is 11.4. The van der Waals surface area contributed by atoms with Crippen molar-refractivity contribution >= 4 is 11.7 Å². The van der Waals surface area contributed by atoms with Crippen LogP contribution in [0.25, 0.3) is 0 Å². The van der Waals surface area contributed by atoms with Crippen LogP contribution in [0.3, 0.4) is 0 Å². The van der Waals surface area contributed by atoms with E-state index in [9.17, 15) is 4.79 Å². The monoisotopic (exact) mass is 255 g/mol. The number of hydrogen-bond donors (Lipinski definition) is 0. The van der Waals surface area contributed by atoms with E-state index < -0.39 is 0 Å². The molecule has 98 valence electrons. The molecule has 0 fully saturated rings. The first-order chi connectivity index (χ1) is 9.09. The maximum Gasteiger partial charge on any atom is 0.226 e. The van der Waals surface area contributed by atoms with Crippen LogP contribution in [0, 0.1) is 6.92 Å². The predicted octanol–water partition coefficient (Wildman–Crippen LogP) is 2.55. The summed E-state index contributed by atoms with van der Waals surface area (Å²) in [7, 11) is 1.84. The van der Waals surface area contributed by atoms with Gasteiger partial charge in [-0.3, -0.25) is 4.79 Å². The summed E-state index contributed by atoms with van der Waals surface area (Å²) in [4.78, 5) is 22.4. The first-order valence-corrected chi connectivity index (χ1v) is 6.17. The number of aromatic nitrogens is 2. The maximum absolute atomic E-state index is 11.9. The lowest BCUT2D eigenvalue weighted by Gasteiger charge is -2.26. The van der Waals surface area contributed by atoms with Crippen molar-refractivity contribution in [2.75, 3.05) is 11.9 Å². The van der Waals surface area contributed by atoms with Crippen molar-refractivity contribution in [3.63, 3.8) is 0 Å². The highest BCUT2D eigenvalue weighted by Crippen LogP contribution is 2.23. The van der Waals surface area contributed by atoms with Gasteiger partial charge in [-0.1, -0.05) is 30.3 Å². The van der Waals surface area contributed by atoms with Gasteiger partial charge in [-0.25, -0.2) is 9.97 Å². The zero-order chi connectivity index (χ0) is 13.8. The fraction of sp³-hybridized carbons (Fsp3) is 0.267. The van der Waals surface area contributed by atoms with Gasteiger partial charge in [0.1, 0.15) is 6.04 Å². The van der Waals surface area contributed by atoms with Crippen LogP contribution in [0.5, 0.6) is 0 Å². The van der Waals surface area contributed by atoms with E-state index in [4.69, 9.17) is 0 Å². The summed E-state index contributed by atoms with van der Waals surface area (Å²) in [5.41, 5.74) is 1.83. The minimum absolute atomic E-state index is 0.0683. The Morgan fingerprint density at radius 2 is 1.89 bits per heavy atom. The summed E-state index contributed by atoms with van der Waals surface area (Å²) in [6, 6.07) is 11.2. The maximum atomic E-state index is 11.9. The SMILES string of the molecule is CC(=O)C(c1ccccc1)N(C)c1nccc(C)n1. The Bertz CT molecular complexity index is 569. The van der Waals surface area contributed by atoms with Crippen molar-refractivity contribution in [2.24, 2.45) is 0 Å². The summed E-state index contributed by atoms with van der Waals surface area (Å²) in [5.74, 6) is 0.628. The number of rotatable bonds is 4. The highest BCUT2D eigenvalue weighted by atomic mass is 16.1. The first-order valence-electron chi connectivity index (χ1n) is 6.17. The number of anilines is 1. The number of nitrogens with zero attached hydrogens (tertiary/aromatic N) is 3. The third kappa shape index (κ3) is 2.96. The van der Waals surface area contributed by atoms with Gasteiger partial charge in [0.25, 0.3) is 0 Å². The van der Waals surface area contributed by atoms with Crippen molar-refractivity contribution < 1.29 is 4.79 Å². The standard InChI is InChI=1S/C15H17N3O/c1-11-9-10-16-15(17-11)18(3)14(12(2)19)13-7-5-4-6-8-13/h4-10,14H,1-3H3. The van der Waals surface area contributed by atoms with Gasteiger partial charge >= 0.3 is 0 Å². The minimum atomic E-state index is -0.358. The fourth-order valence-electron chi connectivity index (χ4n) is 2.09. The van der Waals surface area contributed by atoms with Gasteiger partial charge in [0.2, 0.25) is 5.95 Å². The molecule has 0 bridgehead atoms. The van der Waals surface area contributed by atoms with E-state index >= 15 is 0 Å². The Morgan fingerprint density at radius 3 is 2.47 bits per heavy atom. The van der Waals surface area contributed by atoms with Gasteiger partial charge in [-0.05, 0) is 25.5 Å². The predicted molar refractivity (Wildman–Crippen MR) is 75.0 cm³/mol. The third-order valence-corrected chi connectivity index (χ3v) is 2.99. The molecular weight excluding hydrogens is 238 g/mol. The molecule has 19 heavy (non-hydrogen) atoms. The number of carbonyl (C=O) groups is 1. The molecule has 0 aliphatic carbocycles. The number of aryl methyl sites for hydroxylation is 1. The number of carbonyl (C=O) groups excluding carboxylic acids is 1. The second-order valence-electron chi connectivity index (χ2n) is 4.53. The molecule has 0 aliphatic rings. The molecule has 0 aliphatic heterocycles. The Balaban J connectivity index is 2.38. The quantitative estimate of drug-likeness (QED) is 0.842. The van der Waals surface area contributed by atoms with Gasteiger partial charge in [0, 0.05) is 18.9 Å². The minimum Gasteiger partial charge on any atom is -0.330 e. The molecule has 1 aromatic carbocycles. The smallest absolute Gasteiger partial charge is 0.226 e. The average Bonchev–Trinajstić information content (AvgIpc) is 2.39. The molecule has 0 saturated carbocycles. The molecule has 0 radical (unpaired) electrons. The normalized spacial score (nSPS) is 11.9. The van der Waals surface area contributed by atoms with Crippen LogP contribution in [0.15, 0.2) is 42.6 Å². The molecule has 1 heterocycles. The van der Waals surface area contributed by atoms with Gasteiger partial charge in [-0.15, -0.1) is 0 Å². The van der Waals surface area contributed by atoms with E-state index in [2.05, 4.69) is 9.97 Å². The molecular formula is C15H17N3O. The topological polar surface area (TPSA) is 46.1 Å². The summed E-state index contributed by atoms with van der Waals surface area (Å²) in [5, 5.41) is 0. The number of Topliss-reactive ketones (excluding diaryl/α,β-unsaturated/α-hetero) is 1. The van der Waals surface area contributed by atoms with Crippen LogP contribution in [-0.4, -0.2) is 22.8 Å². The molecule has 4 nitrogen and oxygen atoms in total. The van der Waals surface area contributed by atoms with Gasteiger partial charge in [0.15, 0.2) is 5.78 Å². The Hall–Kier alpha value is -2.23. The number of benzene rings is 1. The van der Waals surface area contributed by atoms with E-state index in [1.807, 2.05) is 55.3 Å². The van der Waals surface area contributed by atoms with E-state index in [0.717, 1.165) is 11.3 Å². The summed E-state index contributed by atoms with van der Waals surface area (Å²) < 4.78 is 0. The lowest BCUT2D eigenvalue weighted by molar-refractivity contribution is -0.118.